The summed E-state index contributed by atoms with van der Waals surface area (Å²) >= 11 is 1.46. The van der Waals surface area contributed by atoms with E-state index in [4.69, 9.17) is 10.00 Å². The quantitative estimate of drug-likeness (QED) is 0.130. The van der Waals surface area contributed by atoms with Gasteiger partial charge in [0.15, 0.2) is 0 Å². The maximum atomic E-state index is 12.4. The van der Waals surface area contributed by atoms with Crippen molar-refractivity contribution in [1.29, 1.82) is 5.26 Å². The van der Waals surface area contributed by atoms with Gasteiger partial charge >= 0.3 is 0 Å². The van der Waals surface area contributed by atoms with Crippen molar-refractivity contribution in [1.82, 2.24) is 25.3 Å². The minimum atomic E-state index is 0.00635. The van der Waals surface area contributed by atoms with Gasteiger partial charge in [-0.05, 0) is 95.1 Å². The number of ether oxygens (including phenoxy) is 1. The number of methoxy groups -OCH3 is 1. The van der Waals surface area contributed by atoms with Crippen molar-refractivity contribution in [3.8, 4) is 6.07 Å². The van der Waals surface area contributed by atoms with Gasteiger partial charge in [-0.3, -0.25) is 19.3 Å². The van der Waals surface area contributed by atoms with Gasteiger partial charge in [0.25, 0.3) is 5.91 Å². The summed E-state index contributed by atoms with van der Waals surface area (Å²) in [5.74, 6) is 0.609. The molecule has 3 amide bonds. The molecule has 2 aromatic rings. The number of hydrogen-bond donors (Lipinski definition) is 3. The predicted octanol–water partition coefficient (Wildman–Crippen LogP) is 5.26. The fraction of sp³-hybridized carbons (Fsp3) is 0.568. The fourth-order valence-corrected chi connectivity index (χ4v) is 6.26. The zero-order chi connectivity index (χ0) is 36.0. The van der Waals surface area contributed by atoms with Gasteiger partial charge in [0.1, 0.15) is 0 Å². The standard InChI is InChI=1S/C20H27N3O.C9H12N2OS.C8H18N2O2/c1-15(2)22-19-9-8-16-12-18(7-6-17(16)13-19)20(24)21-14-23-10-4-3-5-11-23;1-3-4-11-8(12)6-13-9(11)7(2)5-10;1-3-10(8-11)6-4-9-5-7-12-2/h6-9,12-13,15,22H,3-5,10-11,14H2,1-2H3,(H,21,24);3-4,6H2,1-2H3;8-9H,3-7H2,1-2H3/b;9-7+;. The van der Waals surface area contributed by atoms with Crippen LogP contribution in [0.4, 0.5) is 5.69 Å². The number of hydrogen-bond acceptors (Lipinski definition) is 9. The molecule has 0 radical (unpaired) electrons. The highest BCUT2D eigenvalue weighted by Gasteiger charge is 2.27. The second-order valence-corrected chi connectivity index (χ2v) is 13.2. The van der Waals surface area contributed by atoms with Gasteiger partial charge < -0.3 is 30.5 Å². The Morgan fingerprint density at radius 1 is 1.10 bits per heavy atom. The molecule has 0 aromatic heterocycles. The van der Waals surface area contributed by atoms with E-state index in [1.165, 1.54) is 31.0 Å². The van der Waals surface area contributed by atoms with Crippen molar-refractivity contribution in [2.24, 2.45) is 0 Å². The first kappa shape index (κ1) is 41.5. The topological polar surface area (TPSA) is 130 Å². The molecule has 2 saturated heterocycles. The molecule has 0 unspecified atom stereocenters. The Labute approximate surface area is 297 Å². The highest BCUT2D eigenvalue weighted by atomic mass is 32.2. The van der Waals surface area contributed by atoms with Crippen molar-refractivity contribution in [2.45, 2.75) is 66.3 Å². The Balaban J connectivity index is 0.000000283. The molecule has 0 aliphatic carbocycles. The molecule has 3 N–H and O–H groups in total. The smallest absolute Gasteiger partial charge is 0.252 e. The number of nitrogens with one attached hydrogen (secondary N) is 3. The highest BCUT2D eigenvalue weighted by Crippen LogP contribution is 2.31. The minimum absolute atomic E-state index is 0.00635. The highest BCUT2D eigenvalue weighted by molar-refractivity contribution is 8.04. The van der Waals surface area contributed by atoms with Gasteiger partial charge in [-0.1, -0.05) is 37.2 Å². The molecule has 12 heteroatoms. The van der Waals surface area contributed by atoms with Crippen molar-refractivity contribution < 1.29 is 19.1 Å². The molecule has 0 atom stereocenters. The number of anilines is 1. The first-order valence-electron chi connectivity index (χ1n) is 17.4. The summed E-state index contributed by atoms with van der Waals surface area (Å²) < 4.78 is 4.86. The molecule has 0 spiro atoms. The average molecular weight is 696 g/mol. The number of nitriles is 1. The van der Waals surface area contributed by atoms with Crippen molar-refractivity contribution in [2.75, 3.05) is 77.3 Å². The van der Waals surface area contributed by atoms with E-state index in [9.17, 15) is 14.4 Å². The zero-order valence-corrected chi connectivity index (χ0v) is 31.2. The molecule has 2 fully saturated rings. The predicted molar refractivity (Wildman–Crippen MR) is 201 cm³/mol. The molecule has 49 heavy (non-hydrogen) atoms. The number of fused-ring (bicyclic) bond motifs is 1. The van der Waals surface area contributed by atoms with Crippen molar-refractivity contribution >= 4 is 46.4 Å². The summed E-state index contributed by atoms with van der Waals surface area (Å²) in [7, 11) is 1.67. The van der Waals surface area contributed by atoms with E-state index in [2.05, 4.69) is 59.0 Å². The normalized spacial score (nSPS) is 15.5. The minimum Gasteiger partial charge on any atom is -0.383 e. The Morgan fingerprint density at radius 2 is 1.82 bits per heavy atom. The van der Waals surface area contributed by atoms with Crippen LogP contribution in [-0.4, -0.2) is 111 Å². The summed E-state index contributed by atoms with van der Waals surface area (Å²) in [5, 5.41) is 21.4. The summed E-state index contributed by atoms with van der Waals surface area (Å²) in [6, 6.07) is 14.7. The van der Waals surface area contributed by atoms with E-state index in [1.54, 1.807) is 23.8 Å². The molecular formula is C37H57N7O4S. The second-order valence-electron chi connectivity index (χ2n) is 12.3. The third-order valence-corrected chi connectivity index (χ3v) is 9.09. The number of benzene rings is 2. The number of rotatable bonds is 15. The molecule has 2 aliphatic rings. The van der Waals surface area contributed by atoms with Crippen molar-refractivity contribution in [3.63, 3.8) is 0 Å². The third kappa shape index (κ3) is 15.2. The number of amides is 3. The van der Waals surface area contributed by atoms with Crippen LogP contribution in [0.5, 0.6) is 0 Å². The Morgan fingerprint density at radius 3 is 2.45 bits per heavy atom. The zero-order valence-electron chi connectivity index (χ0n) is 30.3. The number of carbonyl (C=O) groups excluding carboxylic acids is 3. The number of nitrogens with zero attached hydrogens (tertiary/aromatic N) is 4. The first-order valence-corrected chi connectivity index (χ1v) is 18.4. The molecule has 0 bridgehead atoms. The Bertz CT molecular complexity index is 1390. The number of thioether (sulfide) groups is 1. The number of likely N-dealkylation sites (tertiary alicyclic amines) is 1. The summed E-state index contributed by atoms with van der Waals surface area (Å²) in [4.78, 5) is 39.8. The molecule has 0 saturated carbocycles. The van der Waals surface area contributed by atoms with Gasteiger partial charge in [-0.25, -0.2) is 0 Å². The van der Waals surface area contributed by atoms with E-state index in [1.807, 2.05) is 32.0 Å². The van der Waals surface area contributed by atoms with Crippen LogP contribution in [-0.2, 0) is 14.3 Å². The van der Waals surface area contributed by atoms with E-state index < -0.39 is 0 Å². The lowest BCUT2D eigenvalue weighted by Crippen LogP contribution is -2.40. The summed E-state index contributed by atoms with van der Waals surface area (Å²) in [5.41, 5.74) is 2.48. The number of carbonyl (C=O) groups is 3. The monoisotopic (exact) mass is 695 g/mol. The molecule has 4 rings (SSSR count). The number of piperidine rings is 1. The van der Waals surface area contributed by atoms with Crippen LogP contribution in [0.1, 0.15) is 70.7 Å². The fourth-order valence-electron chi connectivity index (χ4n) is 5.23. The second kappa shape index (κ2) is 23.7. The van der Waals surface area contributed by atoms with E-state index in [0.29, 0.717) is 30.6 Å². The molecule has 2 aliphatic heterocycles. The van der Waals surface area contributed by atoms with Crippen LogP contribution in [0, 0.1) is 11.3 Å². The van der Waals surface area contributed by atoms with Crippen LogP contribution >= 0.6 is 11.8 Å². The van der Waals surface area contributed by atoms with E-state index in [0.717, 1.165) is 85.7 Å². The van der Waals surface area contributed by atoms with Crippen LogP contribution in [0.3, 0.4) is 0 Å². The lowest BCUT2D eigenvalue weighted by Gasteiger charge is -2.26. The SMILES string of the molecule is CC(C)Nc1ccc2cc(C(=O)NCN3CCCCC3)ccc2c1.CCCN1C(=O)CS/C1=C(\C)C#N.CCN(C=O)CCNCCOC. The molecule has 11 nitrogen and oxygen atoms in total. The first-order chi connectivity index (χ1) is 23.7. The summed E-state index contributed by atoms with van der Waals surface area (Å²) in [6.45, 7) is 17.5. The number of likely N-dealkylation sites (N-methyl/N-ethyl adjacent to an activating group) is 1. The lowest BCUT2D eigenvalue weighted by atomic mass is 10.1. The molecule has 2 aromatic carbocycles. The Kier molecular flexibility index (Phi) is 20.1. The molecular weight excluding hydrogens is 639 g/mol. The van der Waals surface area contributed by atoms with Gasteiger partial charge in [0, 0.05) is 57.1 Å². The van der Waals surface area contributed by atoms with Crippen LogP contribution in [0.2, 0.25) is 0 Å². The van der Waals surface area contributed by atoms with Gasteiger partial charge in [0.05, 0.1) is 35.7 Å². The van der Waals surface area contributed by atoms with Gasteiger partial charge in [-0.2, -0.15) is 5.26 Å². The average Bonchev–Trinajstić information content (AvgIpc) is 3.48. The number of allylic oxidation sites excluding steroid dienone is 1. The van der Waals surface area contributed by atoms with Crippen LogP contribution in [0.25, 0.3) is 10.8 Å². The largest absolute Gasteiger partial charge is 0.383 e. The molecule has 270 valence electrons. The van der Waals surface area contributed by atoms with Crippen LogP contribution < -0.4 is 16.0 Å². The maximum absolute atomic E-state index is 12.4. The molecule has 2 heterocycles. The van der Waals surface area contributed by atoms with Crippen LogP contribution in [0.15, 0.2) is 47.0 Å². The Hall–Kier alpha value is -3.63. The van der Waals surface area contributed by atoms with Gasteiger partial charge in [0.2, 0.25) is 12.3 Å². The third-order valence-electron chi connectivity index (χ3n) is 7.90. The van der Waals surface area contributed by atoms with E-state index >= 15 is 0 Å². The summed E-state index contributed by atoms with van der Waals surface area (Å²) in [6.07, 6.45) is 5.58. The lowest BCUT2D eigenvalue weighted by molar-refractivity contribution is -0.125. The van der Waals surface area contributed by atoms with Gasteiger partial charge in [-0.15, -0.1) is 0 Å². The van der Waals surface area contributed by atoms with Crippen molar-refractivity contribution in [3.05, 3.63) is 52.6 Å². The van der Waals surface area contributed by atoms with E-state index in [-0.39, 0.29) is 11.8 Å². The maximum Gasteiger partial charge on any atom is 0.252 e.